The maximum absolute atomic E-state index is 13.5. The van der Waals surface area contributed by atoms with Crippen LogP contribution in [-0.4, -0.2) is 27.5 Å². The number of carbonyl (C=O) groups is 2. The highest BCUT2D eigenvalue weighted by Crippen LogP contribution is 2.20. The molecular formula is C27H28FN5O2. The highest BCUT2D eigenvalue weighted by atomic mass is 19.1. The molecule has 0 saturated heterocycles. The van der Waals surface area contributed by atoms with E-state index in [0.29, 0.717) is 18.7 Å². The van der Waals surface area contributed by atoms with Crippen molar-refractivity contribution in [1.29, 1.82) is 0 Å². The summed E-state index contributed by atoms with van der Waals surface area (Å²) < 4.78 is 15.5. The highest BCUT2D eigenvalue weighted by molar-refractivity contribution is 5.94. The van der Waals surface area contributed by atoms with E-state index in [9.17, 15) is 14.0 Å². The fourth-order valence-corrected chi connectivity index (χ4v) is 3.79. The van der Waals surface area contributed by atoms with Gasteiger partial charge in [0, 0.05) is 24.7 Å². The van der Waals surface area contributed by atoms with Crippen LogP contribution in [0.5, 0.6) is 0 Å². The molecule has 4 aromatic rings. The second-order valence-electron chi connectivity index (χ2n) is 8.64. The summed E-state index contributed by atoms with van der Waals surface area (Å²) in [4.78, 5) is 29.3. The van der Waals surface area contributed by atoms with Crippen molar-refractivity contribution in [3.8, 4) is 0 Å². The molecule has 180 valence electrons. The second-order valence-corrected chi connectivity index (χ2v) is 8.64. The molecule has 1 aromatic heterocycles. The Morgan fingerprint density at radius 1 is 0.943 bits per heavy atom. The van der Waals surface area contributed by atoms with Crippen LogP contribution in [0, 0.1) is 5.82 Å². The Kier molecular flexibility index (Phi) is 7.40. The van der Waals surface area contributed by atoms with Gasteiger partial charge in [0.15, 0.2) is 0 Å². The second kappa shape index (κ2) is 10.8. The molecule has 0 unspecified atom stereocenters. The van der Waals surface area contributed by atoms with E-state index in [0.717, 1.165) is 22.2 Å². The van der Waals surface area contributed by atoms with E-state index in [4.69, 9.17) is 0 Å². The number of nitrogens with one attached hydrogen (secondary N) is 3. The molecule has 0 bridgehead atoms. The minimum Gasteiger partial charge on any atom is -0.343 e. The Bertz CT molecular complexity index is 1300. The minimum absolute atomic E-state index is 0.0513. The lowest BCUT2D eigenvalue weighted by Crippen LogP contribution is -2.39. The van der Waals surface area contributed by atoms with Crippen LogP contribution in [0.15, 0.2) is 79.1 Å². The van der Waals surface area contributed by atoms with Crippen molar-refractivity contribution in [1.82, 2.24) is 25.5 Å². The summed E-state index contributed by atoms with van der Waals surface area (Å²) >= 11 is 0. The molecule has 35 heavy (non-hydrogen) atoms. The van der Waals surface area contributed by atoms with Crippen LogP contribution >= 0.6 is 0 Å². The zero-order chi connectivity index (χ0) is 24.8. The van der Waals surface area contributed by atoms with Crippen LogP contribution < -0.4 is 16.0 Å². The molecule has 3 amide bonds. The lowest BCUT2D eigenvalue weighted by Gasteiger charge is -2.20. The lowest BCUT2D eigenvalue weighted by atomic mass is 10.1. The fourth-order valence-electron chi connectivity index (χ4n) is 3.79. The van der Waals surface area contributed by atoms with Gasteiger partial charge in [0.2, 0.25) is 0 Å². The molecular weight excluding hydrogens is 445 g/mol. The summed E-state index contributed by atoms with van der Waals surface area (Å²) in [6, 6.07) is 20.4. The third kappa shape index (κ3) is 6.23. The predicted octanol–water partition coefficient (Wildman–Crippen LogP) is 4.55. The number of para-hydroxylation sites is 2. The lowest BCUT2D eigenvalue weighted by molar-refractivity contribution is 0.0933. The summed E-state index contributed by atoms with van der Waals surface area (Å²) in [5.41, 5.74) is 3.97. The number of urea groups is 1. The topological polar surface area (TPSA) is 88.0 Å². The molecule has 3 aromatic carbocycles. The standard InChI is InChI=1S/C27H28FN5O2/c1-18(2)31-27(35)29-15-19-7-9-21(10-8-19)26(34)32-24(20-11-13-22(28)14-12-20)16-33-17-30-23-5-3-4-6-25(23)33/h3-14,17-18,24H,15-16H2,1-2H3,(H,32,34)(H2,29,31,35)/t24-/m1/s1. The van der Waals surface area contributed by atoms with Gasteiger partial charge in [-0.3, -0.25) is 4.79 Å². The Labute approximate surface area is 203 Å². The molecule has 3 N–H and O–H groups in total. The van der Waals surface area contributed by atoms with Crippen LogP contribution in [0.4, 0.5) is 9.18 Å². The van der Waals surface area contributed by atoms with Crippen molar-refractivity contribution < 1.29 is 14.0 Å². The van der Waals surface area contributed by atoms with E-state index in [1.165, 1.54) is 12.1 Å². The number of hydrogen-bond acceptors (Lipinski definition) is 3. The van der Waals surface area contributed by atoms with Crippen molar-refractivity contribution in [2.24, 2.45) is 0 Å². The monoisotopic (exact) mass is 473 g/mol. The van der Waals surface area contributed by atoms with Crippen LogP contribution in [0.25, 0.3) is 11.0 Å². The number of nitrogens with zero attached hydrogens (tertiary/aromatic N) is 2. The van der Waals surface area contributed by atoms with Crippen LogP contribution in [0.1, 0.15) is 41.4 Å². The molecule has 7 nitrogen and oxygen atoms in total. The van der Waals surface area contributed by atoms with Gasteiger partial charge in [0.05, 0.1) is 23.4 Å². The van der Waals surface area contributed by atoms with Gasteiger partial charge in [-0.2, -0.15) is 0 Å². The van der Waals surface area contributed by atoms with Gasteiger partial charge >= 0.3 is 6.03 Å². The predicted molar refractivity (Wildman–Crippen MR) is 133 cm³/mol. The quantitative estimate of drug-likeness (QED) is 0.351. The average molecular weight is 474 g/mol. The summed E-state index contributed by atoms with van der Waals surface area (Å²) in [6.45, 7) is 4.57. The molecule has 0 aliphatic heterocycles. The molecule has 0 fully saturated rings. The third-order valence-corrected chi connectivity index (χ3v) is 5.57. The van der Waals surface area contributed by atoms with Crippen molar-refractivity contribution in [2.45, 2.75) is 39.0 Å². The number of benzene rings is 3. The SMILES string of the molecule is CC(C)NC(=O)NCc1ccc(C(=O)N[C@H](Cn2cnc3ccccc32)c2ccc(F)cc2)cc1. The van der Waals surface area contributed by atoms with E-state index in [2.05, 4.69) is 20.9 Å². The first-order chi connectivity index (χ1) is 16.9. The number of aromatic nitrogens is 2. The van der Waals surface area contributed by atoms with E-state index in [1.807, 2.05) is 42.7 Å². The number of carbonyl (C=O) groups excluding carboxylic acids is 2. The normalized spacial score (nSPS) is 11.9. The molecule has 0 aliphatic rings. The summed E-state index contributed by atoms with van der Waals surface area (Å²) in [5.74, 6) is -0.584. The molecule has 1 atom stereocenters. The van der Waals surface area contributed by atoms with Crippen LogP contribution in [0.3, 0.4) is 0 Å². The van der Waals surface area contributed by atoms with E-state index in [-0.39, 0.29) is 23.8 Å². The van der Waals surface area contributed by atoms with Gasteiger partial charge in [0.1, 0.15) is 5.82 Å². The largest absolute Gasteiger partial charge is 0.343 e. The first-order valence-corrected chi connectivity index (χ1v) is 11.5. The van der Waals surface area contributed by atoms with E-state index >= 15 is 0 Å². The summed E-state index contributed by atoms with van der Waals surface area (Å²) in [7, 11) is 0. The molecule has 0 spiro atoms. The first-order valence-electron chi connectivity index (χ1n) is 11.5. The molecule has 1 heterocycles. The number of fused-ring (bicyclic) bond motifs is 1. The molecule has 8 heteroatoms. The van der Waals surface area contributed by atoms with Gasteiger partial charge < -0.3 is 20.5 Å². The maximum atomic E-state index is 13.5. The smallest absolute Gasteiger partial charge is 0.315 e. The maximum Gasteiger partial charge on any atom is 0.315 e. The summed E-state index contributed by atoms with van der Waals surface area (Å²) in [5, 5.41) is 8.63. The van der Waals surface area contributed by atoms with Crippen LogP contribution in [0.2, 0.25) is 0 Å². The zero-order valence-corrected chi connectivity index (χ0v) is 19.7. The van der Waals surface area contributed by atoms with Gasteiger partial charge in [0.25, 0.3) is 5.91 Å². The first kappa shape index (κ1) is 23.9. The Morgan fingerprint density at radius 2 is 1.66 bits per heavy atom. The zero-order valence-electron chi connectivity index (χ0n) is 19.7. The van der Waals surface area contributed by atoms with E-state index in [1.54, 1.807) is 42.7 Å². The van der Waals surface area contributed by atoms with Crippen molar-refractivity contribution in [2.75, 3.05) is 0 Å². The molecule has 0 radical (unpaired) electrons. The number of amides is 3. The Hall–Kier alpha value is -4.20. The highest BCUT2D eigenvalue weighted by Gasteiger charge is 2.18. The van der Waals surface area contributed by atoms with E-state index < -0.39 is 6.04 Å². The van der Waals surface area contributed by atoms with Gasteiger partial charge in [-0.05, 0) is 61.4 Å². The molecule has 4 rings (SSSR count). The van der Waals surface area contributed by atoms with Gasteiger partial charge in [-0.25, -0.2) is 14.2 Å². The molecule has 0 saturated carbocycles. The molecule has 0 aliphatic carbocycles. The van der Waals surface area contributed by atoms with Gasteiger partial charge in [-0.15, -0.1) is 0 Å². The van der Waals surface area contributed by atoms with Crippen molar-refractivity contribution >= 4 is 23.0 Å². The number of imidazole rings is 1. The average Bonchev–Trinajstić information content (AvgIpc) is 3.25. The van der Waals surface area contributed by atoms with Crippen LogP contribution in [-0.2, 0) is 13.1 Å². The van der Waals surface area contributed by atoms with Gasteiger partial charge in [-0.1, -0.05) is 36.4 Å². The number of rotatable bonds is 8. The van der Waals surface area contributed by atoms with Crippen molar-refractivity contribution in [3.05, 3.63) is 102 Å². The number of hydrogen-bond donors (Lipinski definition) is 3. The number of halogens is 1. The Morgan fingerprint density at radius 3 is 2.37 bits per heavy atom. The minimum atomic E-state index is -0.401. The Balaban J connectivity index is 1.48. The third-order valence-electron chi connectivity index (χ3n) is 5.57. The summed E-state index contributed by atoms with van der Waals surface area (Å²) in [6.07, 6.45) is 1.74. The van der Waals surface area contributed by atoms with Crippen molar-refractivity contribution in [3.63, 3.8) is 0 Å². The fraction of sp³-hybridized carbons (Fsp3) is 0.222.